The van der Waals surface area contributed by atoms with Crippen molar-refractivity contribution in [3.63, 3.8) is 0 Å². The summed E-state index contributed by atoms with van der Waals surface area (Å²) in [5.41, 5.74) is 0.687. The van der Waals surface area contributed by atoms with E-state index in [0.717, 1.165) is 13.1 Å². The number of hydrogen-bond donors (Lipinski definition) is 2. The van der Waals surface area contributed by atoms with Crippen molar-refractivity contribution in [2.24, 2.45) is 0 Å². The molecule has 0 radical (unpaired) electrons. The lowest BCUT2D eigenvalue weighted by Gasteiger charge is -2.36. The van der Waals surface area contributed by atoms with Gasteiger partial charge >= 0.3 is 6.18 Å². The molecule has 1 fully saturated rings. The van der Waals surface area contributed by atoms with E-state index in [1.165, 1.54) is 19.2 Å². The molecular weight excluding hydrogens is 333 g/mol. The molecule has 2 rings (SSSR count). The van der Waals surface area contributed by atoms with E-state index in [9.17, 15) is 18.3 Å². The number of ether oxygens (including phenoxy) is 1. The Bertz CT molecular complexity index is 494. The Morgan fingerprint density at radius 1 is 1.30 bits per heavy atom. The normalized spacial score (nSPS) is 17.4. The third-order valence-electron chi connectivity index (χ3n) is 3.87. The summed E-state index contributed by atoms with van der Waals surface area (Å²) in [6.45, 7) is 2.88. The van der Waals surface area contributed by atoms with Crippen LogP contribution in [0.4, 0.5) is 13.2 Å². The first-order valence-electron chi connectivity index (χ1n) is 7.29. The maximum Gasteiger partial charge on any atom is 0.389 e. The van der Waals surface area contributed by atoms with Gasteiger partial charge in [-0.05, 0) is 12.5 Å². The molecule has 0 bridgehead atoms. The Balaban J connectivity index is 0.00000264. The average Bonchev–Trinajstić information content (AvgIpc) is 2.48. The Morgan fingerprint density at radius 2 is 1.96 bits per heavy atom. The highest BCUT2D eigenvalue weighted by atomic mass is 35.5. The summed E-state index contributed by atoms with van der Waals surface area (Å²) in [5.74, 6) is 0.459. The molecule has 0 aromatic heterocycles. The van der Waals surface area contributed by atoms with Gasteiger partial charge < -0.3 is 15.2 Å². The zero-order valence-electron chi connectivity index (χ0n) is 12.9. The summed E-state index contributed by atoms with van der Waals surface area (Å²) in [7, 11) is 1.46. The maximum absolute atomic E-state index is 12.6. The van der Waals surface area contributed by atoms with Crippen molar-refractivity contribution in [1.82, 2.24) is 10.2 Å². The van der Waals surface area contributed by atoms with Crippen LogP contribution in [-0.4, -0.2) is 49.5 Å². The van der Waals surface area contributed by atoms with Crippen LogP contribution in [0, 0.1) is 0 Å². The fourth-order valence-corrected chi connectivity index (χ4v) is 2.80. The van der Waals surface area contributed by atoms with E-state index < -0.39 is 12.6 Å². The number of phenols is 1. The van der Waals surface area contributed by atoms with Gasteiger partial charge in [-0.15, -0.1) is 12.4 Å². The van der Waals surface area contributed by atoms with Crippen molar-refractivity contribution < 1.29 is 23.0 Å². The van der Waals surface area contributed by atoms with Crippen LogP contribution < -0.4 is 10.1 Å². The number of methoxy groups -OCH3 is 1. The van der Waals surface area contributed by atoms with E-state index >= 15 is 0 Å². The number of benzene rings is 1. The van der Waals surface area contributed by atoms with Gasteiger partial charge in [-0.25, -0.2) is 0 Å². The molecule has 23 heavy (non-hydrogen) atoms. The van der Waals surface area contributed by atoms with E-state index in [1.54, 1.807) is 6.07 Å². The van der Waals surface area contributed by atoms with Crippen LogP contribution in [0.1, 0.15) is 24.4 Å². The second kappa shape index (κ2) is 8.61. The van der Waals surface area contributed by atoms with Crippen molar-refractivity contribution in [2.45, 2.75) is 25.1 Å². The lowest BCUT2D eigenvalue weighted by atomic mass is 9.98. The van der Waals surface area contributed by atoms with Gasteiger partial charge in [-0.3, -0.25) is 4.90 Å². The van der Waals surface area contributed by atoms with Crippen LogP contribution in [0.25, 0.3) is 0 Å². The van der Waals surface area contributed by atoms with Crippen molar-refractivity contribution in [1.29, 1.82) is 0 Å². The van der Waals surface area contributed by atoms with Gasteiger partial charge in [0.2, 0.25) is 0 Å². The maximum atomic E-state index is 12.6. The minimum Gasteiger partial charge on any atom is -0.508 e. The molecule has 8 heteroatoms. The molecule has 1 aromatic rings. The molecule has 1 atom stereocenters. The molecule has 2 N–H and O–H groups in total. The lowest BCUT2D eigenvalue weighted by molar-refractivity contribution is -0.138. The standard InChI is InChI=1S/C15H21F3N2O2.ClH/c1-22-14-10-11(21)2-3-12(14)13(4-5-15(16,17)18)20-8-6-19-7-9-20;/h2-3,10,13,19,21H,4-9H2,1H3;1H/t13-;/m1./s1. The number of hydrogen-bond acceptors (Lipinski definition) is 4. The van der Waals surface area contributed by atoms with Crippen molar-refractivity contribution >= 4 is 12.4 Å². The Labute approximate surface area is 140 Å². The summed E-state index contributed by atoms with van der Waals surface area (Å²) in [6, 6.07) is 4.20. The van der Waals surface area contributed by atoms with E-state index in [1.807, 2.05) is 4.90 Å². The Morgan fingerprint density at radius 3 is 2.52 bits per heavy atom. The van der Waals surface area contributed by atoms with E-state index in [2.05, 4.69) is 5.32 Å². The monoisotopic (exact) mass is 354 g/mol. The SMILES string of the molecule is COc1cc(O)ccc1[C@@H](CCC(F)(F)F)N1CCNCC1.Cl. The third-order valence-corrected chi connectivity index (χ3v) is 3.87. The molecule has 0 aliphatic carbocycles. The summed E-state index contributed by atoms with van der Waals surface area (Å²) >= 11 is 0. The molecule has 1 saturated heterocycles. The second-order valence-corrected chi connectivity index (χ2v) is 5.38. The molecule has 132 valence electrons. The lowest BCUT2D eigenvalue weighted by Crippen LogP contribution is -2.45. The van der Waals surface area contributed by atoms with Crippen LogP contribution in [-0.2, 0) is 0 Å². The number of rotatable bonds is 5. The number of piperazine rings is 1. The number of nitrogens with zero attached hydrogens (tertiary/aromatic N) is 1. The van der Waals surface area contributed by atoms with Crippen LogP contribution >= 0.6 is 12.4 Å². The van der Waals surface area contributed by atoms with Crippen LogP contribution in [0.2, 0.25) is 0 Å². The molecule has 1 aromatic carbocycles. The third kappa shape index (κ3) is 5.75. The Hall–Kier alpha value is -1.18. The fraction of sp³-hybridized carbons (Fsp3) is 0.600. The largest absolute Gasteiger partial charge is 0.508 e. The predicted molar refractivity (Wildman–Crippen MR) is 84.4 cm³/mol. The summed E-state index contributed by atoms with van der Waals surface area (Å²) in [5, 5.41) is 12.7. The number of phenolic OH excluding ortho intramolecular Hbond substituents is 1. The first-order chi connectivity index (χ1) is 10.4. The minimum absolute atomic E-state index is 0. The first-order valence-corrected chi connectivity index (χ1v) is 7.29. The van der Waals surface area contributed by atoms with Crippen LogP contribution in [0.15, 0.2) is 18.2 Å². The molecule has 4 nitrogen and oxygen atoms in total. The highest BCUT2D eigenvalue weighted by Gasteiger charge is 2.32. The molecule has 0 saturated carbocycles. The second-order valence-electron chi connectivity index (χ2n) is 5.38. The smallest absolute Gasteiger partial charge is 0.389 e. The molecule has 1 heterocycles. The molecule has 0 spiro atoms. The summed E-state index contributed by atoms with van der Waals surface area (Å²) in [6.07, 6.45) is -5.05. The molecule has 1 aliphatic heterocycles. The van der Waals surface area contributed by atoms with Gasteiger partial charge in [-0.2, -0.15) is 13.2 Å². The van der Waals surface area contributed by atoms with E-state index in [4.69, 9.17) is 4.74 Å². The van der Waals surface area contributed by atoms with Crippen molar-refractivity contribution in [3.05, 3.63) is 23.8 Å². The van der Waals surface area contributed by atoms with Crippen LogP contribution in [0.5, 0.6) is 11.5 Å². The topological polar surface area (TPSA) is 44.7 Å². The van der Waals surface area contributed by atoms with Crippen molar-refractivity contribution in [2.75, 3.05) is 33.3 Å². The summed E-state index contributed by atoms with van der Waals surface area (Å²) < 4.78 is 43.2. The molecule has 0 unspecified atom stereocenters. The number of alkyl halides is 3. The van der Waals surface area contributed by atoms with Gasteiger partial charge in [0, 0.05) is 50.3 Å². The van der Waals surface area contributed by atoms with Gasteiger partial charge in [-0.1, -0.05) is 6.07 Å². The van der Waals surface area contributed by atoms with Gasteiger partial charge in [0.25, 0.3) is 0 Å². The van der Waals surface area contributed by atoms with Crippen molar-refractivity contribution in [3.8, 4) is 11.5 Å². The zero-order valence-corrected chi connectivity index (χ0v) is 13.7. The van der Waals surface area contributed by atoms with Gasteiger partial charge in [0.1, 0.15) is 11.5 Å². The van der Waals surface area contributed by atoms with E-state index in [-0.39, 0.29) is 30.6 Å². The molecule has 0 amide bonds. The van der Waals surface area contributed by atoms with Gasteiger partial charge in [0.05, 0.1) is 7.11 Å². The highest BCUT2D eigenvalue weighted by molar-refractivity contribution is 5.85. The zero-order chi connectivity index (χ0) is 16.2. The number of halogens is 4. The summed E-state index contributed by atoms with van der Waals surface area (Å²) in [4.78, 5) is 2.04. The minimum atomic E-state index is -4.18. The van der Waals surface area contributed by atoms with E-state index in [0.29, 0.717) is 24.4 Å². The average molecular weight is 355 g/mol. The molecular formula is C15H22ClF3N2O2. The van der Waals surface area contributed by atoms with Gasteiger partial charge in [0.15, 0.2) is 0 Å². The Kier molecular flexibility index (Phi) is 7.44. The highest BCUT2D eigenvalue weighted by Crippen LogP contribution is 2.37. The number of nitrogens with one attached hydrogen (secondary N) is 1. The molecule has 1 aliphatic rings. The predicted octanol–water partition coefficient (Wildman–Crippen LogP) is 3.11. The first kappa shape index (κ1) is 19.9. The quantitative estimate of drug-likeness (QED) is 0.853. The van der Waals surface area contributed by atoms with Crippen LogP contribution in [0.3, 0.4) is 0 Å². The number of aromatic hydroxyl groups is 1. The fourth-order valence-electron chi connectivity index (χ4n) is 2.80.